The van der Waals surface area contributed by atoms with Crippen LogP contribution in [-0.4, -0.2) is 15.8 Å². The number of anilines is 1. The van der Waals surface area contributed by atoms with Crippen molar-refractivity contribution in [1.82, 2.24) is 9.55 Å². The van der Waals surface area contributed by atoms with E-state index in [0.29, 0.717) is 11.0 Å². The summed E-state index contributed by atoms with van der Waals surface area (Å²) < 4.78 is 1.96. The van der Waals surface area contributed by atoms with Crippen LogP contribution in [0.5, 0.6) is 0 Å². The molecule has 0 atom stereocenters. The molecule has 0 spiro atoms. The number of hydrazone groups is 1. The van der Waals surface area contributed by atoms with Crippen molar-refractivity contribution in [2.24, 2.45) is 12.1 Å². The highest BCUT2D eigenvalue weighted by molar-refractivity contribution is 6.30. The number of benzene rings is 2. The molecular formula is C15H13ClN4. The Hall–Kier alpha value is -2.33. The molecule has 1 aromatic heterocycles. The van der Waals surface area contributed by atoms with Crippen molar-refractivity contribution in [3.05, 3.63) is 59.1 Å². The van der Waals surface area contributed by atoms with Crippen molar-refractivity contribution in [3.63, 3.8) is 0 Å². The van der Waals surface area contributed by atoms with E-state index >= 15 is 0 Å². The number of para-hydroxylation sites is 2. The fourth-order valence-corrected chi connectivity index (χ4v) is 2.20. The van der Waals surface area contributed by atoms with E-state index in [9.17, 15) is 0 Å². The average Bonchev–Trinajstić information content (AvgIpc) is 2.76. The summed E-state index contributed by atoms with van der Waals surface area (Å²) in [6, 6.07) is 15.5. The summed E-state index contributed by atoms with van der Waals surface area (Å²) in [6.07, 6.45) is 1.71. The van der Waals surface area contributed by atoms with Gasteiger partial charge in [-0.3, -0.25) is 0 Å². The number of nitrogens with one attached hydrogen (secondary N) is 1. The van der Waals surface area contributed by atoms with E-state index in [0.717, 1.165) is 16.6 Å². The lowest BCUT2D eigenvalue weighted by molar-refractivity contribution is 0.943. The number of rotatable bonds is 3. The molecule has 0 saturated heterocycles. The lowest BCUT2D eigenvalue weighted by Gasteiger charge is -2.00. The zero-order valence-corrected chi connectivity index (χ0v) is 11.7. The molecule has 20 heavy (non-hydrogen) atoms. The Morgan fingerprint density at radius 3 is 2.85 bits per heavy atom. The topological polar surface area (TPSA) is 42.2 Å². The van der Waals surface area contributed by atoms with E-state index in [1.807, 2.05) is 60.1 Å². The van der Waals surface area contributed by atoms with Crippen LogP contribution >= 0.6 is 11.6 Å². The SMILES string of the molecule is Cn1c(N/N=C\c2cccc(Cl)c2)nc2ccccc21. The van der Waals surface area contributed by atoms with Gasteiger partial charge in [0, 0.05) is 12.1 Å². The van der Waals surface area contributed by atoms with Gasteiger partial charge in [0.1, 0.15) is 0 Å². The fourth-order valence-electron chi connectivity index (χ4n) is 2.00. The molecule has 1 N–H and O–H groups in total. The molecule has 0 fully saturated rings. The van der Waals surface area contributed by atoms with Gasteiger partial charge in [-0.1, -0.05) is 35.9 Å². The normalized spacial score (nSPS) is 11.3. The fraction of sp³-hybridized carbons (Fsp3) is 0.0667. The summed E-state index contributed by atoms with van der Waals surface area (Å²) >= 11 is 5.92. The van der Waals surface area contributed by atoms with Gasteiger partial charge in [0.25, 0.3) is 0 Å². The van der Waals surface area contributed by atoms with Crippen molar-refractivity contribution < 1.29 is 0 Å². The third-order valence-corrected chi connectivity index (χ3v) is 3.25. The monoisotopic (exact) mass is 284 g/mol. The van der Waals surface area contributed by atoms with Crippen LogP contribution in [0.2, 0.25) is 5.02 Å². The number of imidazole rings is 1. The van der Waals surface area contributed by atoms with E-state index in [-0.39, 0.29) is 0 Å². The van der Waals surface area contributed by atoms with Crippen LogP contribution in [0.3, 0.4) is 0 Å². The molecule has 0 bridgehead atoms. The van der Waals surface area contributed by atoms with Crippen molar-refractivity contribution in [2.75, 3.05) is 5.43 Å². The lowest BCUT2D eigenvalue weighted by Crippen LogP contribution is -1.98. The molecule has 0 radical (unpaired) electrons. The van der Waals surface area contributed by atoms with E-state index in [4.69, 9.17) is 11.6 Å². The van der Waals surface area contributed by atoms with Crippen molar-refractivity contribution >= 4 is 34.8 Å². The molecule has 3 rings (SSSR count). The molecule has 0 aliphatic heterocycles. The van der Waals surface area contributed by atoms with Gasteiger partial charge in [0.05, 0.1) is 17.2 Å². The quantitative estimate of drug-likeness (QED) is 0.589. The first-order chi connectivity index (χ1) is 9.74. The largest absolute Gasteiger partial charge is 0.312 e. The molecule has 4 nitrogen and oxygen atoms in total. The zero-order chi connectivity index (χ0) is 13.9. The van der Waals surface area contributed by atoms with Crippen LogP contribution in [0.1, 0.15) is 5.56 Å². The maximum atomic E-state index is 5.92. The Kier molecular flexibility index (Phi) is 3.39. The van der Waals surface area contributed by atoms with Crippen molar-refractivity contribution in [3.8, 4) is 0 Å². The lowest BCUT2D eigenvalue weighted by atomic mass is 10.2. The Morgan fingerprint density at radius 2 is 2.05 bits per heavy atom. The minimum absolute atomic E-state index is 0.691. The van der Waals surface area contributed by atoms with E-state index in [1.54, 1.807) is 6.21 Å². The number of fused-ring (bicyclic) bond motifs is 1. The molecular weight excluding hydrogens is 272 g/mol. The number of aryl methyl sites for hydroxylation is 1. The third-order valence-electron chi connectivity index (χ3n) is 3.01. The maximum absolute atomic E-state index is 5.92. The van der Waals surface area contributed by atoms with E-state index in [2.05, 4.69) is 15.5 Å². The Bertz CT molecular complexity index is 776. The average molecular weight is 285 g/mol. The van der Waals surface area contributed by atoms with Crippen LogP contribution in [0.15, 0.2) is 53.6 Å². The number of aromatic nitrogens is 2. The summed E-state index contributed by atoms with van der Waals surface area (Å²) in [5, 5.41) is 4.88. The predicted octanol–water partition coefficient (Wildman–Crippen LogP) is 3.67. The second-order valence-corrected chi connectivity index (χ2v) is 4.84. The summed E-state index contributed by atoms with van der Waals surface area (Å²) in [4.78, 5) is 4.47. The molecule has 3 aromatic rings. The molecule has 0 aliphatic rings. The van der Waals surface area contributed by atoms with Gasteiger partial charge in [-0.05, 0) is 29.8 Å². The summed E-state index contributed by atoms with van der Waals surface area (Å²) in [7, 11) is 1.95. The van der Waals surface area contributed by atoms with Gasteiger partial charge < -0.3 is 4.57 Å². The van der Waals surface area contributed by atoms with Gasteiger partial charge >= 0.3 is 0 Å². The minimum Gasteiger partial charge on any atom is -0.312 e. The van der Waals surface area contributed by atoms with Crippen molar-refractivity contribution in [1.29, 1.82) is 0 Å². The smallest absolute Gasteiger partial charge is 0.224 e. The first-order valence-electron chi connectivity index (χ1n) is 6.20. The third kappa shape index (κ3) is 2.51. The number of nitrogens with zero attached hydrogens (tertiary/aromatic N) is 3. The first-order valence-corrected chi connectivity index (χ1v) is 6.58. The second-order valence-electron chi connectivity index (χ2n) is 4.41. The Labute approximate surface area is 121 Å². The van der Waals surface area contributed by atoms with E-state index < -0.39 is 0 Å². The Balaban J connectivity index is 1.82. The molecule has 0 aliphatic carbocycles. The van der Waals surface area contributed by atoms with Gasteiger partial charge in [-0.15, -0.1) is 0 Å². The van der Waals surface area contributed by atoms with Crippen LogP contribution in [0.4, 0.5) is 5.95 Å². The summed E-state index contributed by atoms with van der Waals surface area (Å²) in [5.41, 5.74) is 5.89. The van der Waals surface area contributed by atoms with Gasteiger partial charge in [-0.2, -0.15) is 5.10 Å². The zero-order valence-electron chi connectivity index (χ0n) is 10.9. The number of halogens is 1. The highest BCUT2D eigenvalue weighted by Gasteiger charge is 2.04. The van der Waals surface area contributed by atoms with Gasteiger partial charge in [0.2, 0.25) is 5.95 Å². The van der Waals surface area contributed by atoms with Gasteiger partial charge in [-0.25, -0.2) is 10.4 Å². The standard InChI is InChI=1S/C15H13ClN4/c1-20-14-8-3-2-7-13(14)18-15(20)19-17-10-11-5-4-6-12(16)9-11/h2-10H,1H3,(H,18,19)/b17-10-. The maximum Gasteiger partial charge on any atom is 0.224 e. The molecule has 100 valence electrons. The van der Waals surface area contributed by atoms with Crippen LogP contribution in [0, 0.1) is 0 Å². The summed E-state index contributed by atoms with van der Waals surface area (Å²) in [5.74, 6) is 0.699. The van der Waals surface area contributed by atoms with Crippen molar-refractivity contribution in [2.45, 2.75) is 0 Å². The number of hydrogen-bond donors (Lipinski definition) is 1. The van der Waals surface area contributed by atoms with Crippen LogP contribution in [-0.2, 0) is 7.05 Å². The minimum atomic E-state index is 0.691. The predicted molar refractivity (Wildman–Crippen MR) is 83.4 cm³/mol. The molecule has 0 unspecified atom stereocenters. The van der Waals surface area contributed by atoms with E-state index in [1.165, 1.54) is 0 Å². The molecule has 0 saturated carbocycles. The second kappa shape index (κ2) is 5.35. The number of hydrogen-bond acceptors (Lipinski definition) is 3. The highest BCUT2D eigenvalue weighted by Crippen LogP contribution is 2.17. The van der Waals surface area contributed by atoms with Crippen LogP contribution in [0.25, 0.3) is 11.0 Å². The Morgan fingerprint density at radius 1 is 1.20 bits per heavy atom. The molecule has 2 aromatic carbocycles. The highest BCUT2D eigenvalue weighted by atomic mass is 35.5. The molecule has 5 heteroatoms. The van der Waals surface area contributed by atoms with Gasteiger partial charge in [0.15, 0.2) is 0 Å². The molecule has 0 amide bonds. The first kappa shape index (κ1) is 12.7. The molecule has 1 heterocycles. The summed E-state index contributed by atoms with van der Waals surface area (Å²) in [6.45, 7) is 0. The van der Waals surface area contributed by atoms with Crippen LogP contribution < -0.4 is 5.43 Å².